The summed E-state index contributed by atoms with van der Waals surface area (Å²) in [6.07, 6.45) is 1.91. The van der Waals surface area contributed by atoms with Gasteiger partial charge in [0, 0.05) is 72.2 Å². The maximum atomic E-state index is 6.97. The Hall–Kier alpha value is -5.90. The molecule has 8 aromatic rings. The van der Waals surface area contributed by atoms with Crippen molar-refractivity contribution in [2.45, 2.75) is 127 Å². The zero-order valence-electron chi connectivity index (χ0n) is 44.5. The smallest absolute Gasteiger partial charge is 0.135 e. The Labute approximate surface area is 439 Å². The second kappa shape index (κ2) is 19.6. The maximum absolute atomic E-state index is 6.97. The molecule has 6 aromatic carbocycles. The number of ether oxygens (including phenoxy) is 1. The fourth-order valence-corrected chi connectivity index (χ4v) is 10.2. The maximum Gasteiger partial charge on any atom is 0.135 e. The standard InChI is InChI=1S/C65H71N4O.Pt/c1-41(2)46-35-55(42(3)4)60(56(36-46)43(5)6)45-24-21-25-49(32-45)67-40-68(62(65(13,14)15)61(67)64(10,11)12)50-33-47(44-22-17-16-18-23-44)34-52(38-50)70-51-28-29-54-53-26-19-20-27-57(53)69(58(54)39-51)59-37-48(30-31-66-59)63(7,8)9;/h16-37,40-43H,1-15H3;/q-3;. The molecular formula is C65H71N4OPt-3. The molecule has 0 N–H and O–H groups in total. The van der Waals surface area contributed by atoms with Crippen molar-refractivity contribution in [2.24, 2.45) is 10.8 Å². The number of anilines is 2. The quantitative estimate of drug-likeness (QED) is 0.128. The average Bonchev–Trinajstić information content (AvgIpc) is 3.89. The number of hydrogen-bond donors (Lipinski definition) is 0. The summed E-state index contributed by atoms with van der Waals surface area (Å²) in [5, 5.41) is 2.23. The molecule has 1 aliphatic heterocycles. The molecule has 0 atom stereocenters. The van der Waals surface area contributed by atoms with E-state index in [2.05, 4.69) is 258 Å². The zero-order valence-corrected chi connectivity index (χ0v) is 46.8. The van der Waals surface area contributed by atoms with E-state index in [0.717, 1.165) is 50.1 Å². The van der Waals surface area contributed by atoms with Gasteiger partial charge in [0.2, 0.25) is 0 Å². The minimum absolute atomic E-state index is 0. The molecule has 0 radical (unpaired) electrons. The van der Waals surface area contributed by atoms with Gasteiger partial charge in [-0.2, -0.15) is 6.07 Å². The van der Waals surface area contributed by atoms with Crippen LogP contribution in [0.3, 0.4) is 0 Å². The van der Waals surface area contributed by atoms with Crippen molar-refractivity contribution in [3.8, 4) is 39.6 Å². The molecule has 2 aromatic heterocycles. The van der Waals surface area contributed by atoms with Gasteiger partial charge in [-0.15, -0.1) is 53.6 Å². The summed E-state index contributed by atoms with van der Waals surface area (Å²) < 4.78 is 9.19. The number of benzene rings is 6. The van der Waals surface area contributed by atoms with Crippen LogP contribution in [-0.2, 0) is 26.5 Å². The summed E-state index contributed by atoms with van der Waals surface area (Å²) in [5.74, 6) is 3.26. The van der Waals surface area contributed by atoms with Crippen molar-refractivity contribution < 1.29 is 25.8 Å². The largest absolute Gasteiger partial charge is 0.509 e. The van der Waals surface area contributed by atoms with Crippen molar-refractivity contribution in [3.63, 3.8) is 0 Å². The van der Waals surface area contributed by atoms with Crippen LogP contribution in [0.1, 0.15) is 144 Å². The monoisotopic (exact) mass is 1120 g/mol. The number of para-hydroxylation sites is 1. The van der Waals surface area contributed by atoms with Gasteiger partial charge in [-0.05, 0) is 97.8 Å². The summed E-state index contributed by atoms with van der Waals surface area (Å²) in [7, 11) is 0. The van der Waals surface area contributed by atoms with Crippen LogP contribution in [0.4, 0.5) is 11.4 Å². The molecule has 370 valence electrons. The van der Waals surface area contributed by atoms with E-state index >= 15 is 0 Å². The number of allylic oxidation sites excluding steroid dienone is 2. The Bertz CT molecular complexity index is 3230. The van der Waals surface area contributed by atoms with Gasteiger partial charge >= 0.3 is 0 Å². The fourth-order valence-electron chi connectivity index (χ4n) is 10.2. The predicted molar refractivity (Wildman–Crippen MR) is 296 cm³/mol. The van der Waals surface area contributed by atoms with Gasteiger partial charge in [0.1, 0.15) is 5.82 Å². The number of rotatable bonds is 10. The number of aromatic nitrogens is 2. The van der Waals surface area contributed by atoms with Crippen molar-refractivity contribution in [2.75, 3.05) is 9.80 Å². The molecule has 0 saturated carbocycles. The first-order valence-corrected chi connectivity index (χ1v) is 25.3. The molecule has 0 saturated heterocycles. The van der Waals surface area contributed by atoms with E-state index in [1.807, 2.05) is 12.3 Å². The van der Waals surface area contributed by atoms with E-state index in [1.54, 1.807) is 0 Å². The molecule has 0 amide bonds. The molecule has 0 bridgehead atoms. The molecular weight excluding hydrogens is 1050 g/mol. The van der Waals surface area contributed by atoms with Gasteiger partial charge in [0.05, 0.1) is 0 Å². The van der Waals surface area contributed by atoms with E-state index in [9.17, 15) is 0 Å². The first-order chi connectivity index (χ1) is 33.1. The zero-order chi connectivity index (χ0) is 50.0. The molecule has 9 rings (SSSR count). The van der Waals surface area contributed by atoms with Crippen molar-refractivity contribution in [1.29, 1.82) is 0 Å². The molecule has 0 fully saturated rings. The van der Waals surface area contributed by atoms with Crippen LogP contribution in [0.2, 0.25) is 0 Å². The van der Waals surface area contributed by atoms with E-state index in [4.69, 9.17) is 9.72 Å². The molecule has 0 aliphatic carbocycles. The van der Waals surface area contributed by atoms with E-state index in [1.165, 1.54) is 44.8 Å². The van der Waals surface area contributed by atoms with Gasteiger partial charge in [-0.25, -0.2) is 4.98 Å². The summed E-state index contributed by atoms with van der Waals surface area (Å²) in [6.45, 7) is 36.9. The third-order valence-corrected chi connectivity index (χ3v) is 13.7. The van der Waals surface area contributed by atoms with Gasteiger partial charge in [0.15, 0.2) is 0 Å². The summed E-state index contributed by atoms with van der Waals surface area (Å²) in [5.41, 5.74) is 16.1. The van der Waals surface area contributed by atoms with Crippen LogP contribution in [-0.4, -0.2) is 9.55 Å². The number of pyridine rings is 1. The third-order valence-electron chi connectivity index (χ3n) is 13.7. The van der Waals surface area contributed by atoms with Gasteiger partial charge in [-0.3, -0.25) is 0 Å². The van der Waals surface area contributed by atoms with Crippen LogP contribution < -0.4 is 14.5 Å². The second-order valence-electron chi connectivity index (χ2n) is 23.3. The topological polar surface area (TPSA) is 33.5 Å². The van der Waals surface area contributed by atoms with Crippen molar-refractivity contribution in [3.05, 3.63) is 186 Å². The van der Waals surface area contributed by atoms with Crippen LogP contribution in [0.5, 0.6) is 11.5 Å². The summed E-state index contributed by atoms with van der Waals surface area (Å²) >= 11 is 0. The minimum Gasteiger partial charge on any atom is -0.509 e. The first kappa shape index (κ1) is 51.5. The molecule has 5 nitrogen and oxygen atoms in total. The van der Waals surface area contributed by atoms with Crippen LogP contribution in [0.15, 0.2) is 145 Å². The molecule has 1 aliphatic rings. The van der Waals surface area contributed by atoms with Crippen molar-refractivity contribution in [1.82, 2.24) is 9.55 Å². The average molecular weight is 1120 g/mol. The summed E-state index contributed by atoms with van der Waals surface area (Å²) in [6, 6.07) is 53.6. The minimum atomic E-state index is -0.254. The van der Waals surface area contributed by atoms with Crippen LogP contribution >= 0.6 is 0 Å². The molecule has 0 spiro atoms. The molecule has 3 heterocycles. The van der Waals surface area contributed by atoms with Crippen molar-refractivity contribution >= 4 is 33.2 Å². The van der Waals surface area contributed by atoms with Crippen LogP contribution in [0, 0.1) is 29.6 Å². The Morgan fingerprint density at radius 1 is 0.535 bits per heavy atom. The van der Waals surface area contributed by atoms with E-state index < -0.39 is 0 Å². The Morgan fingerprint density at radius 2 is 1.17 bits per heavy atom. The number of nitrogens with zero attached hydrogens (tertiary/aromatic N) is 4. The number of hydrogen-bond acceptors (Lipinski definition) is 4. The Balaban J connectivity index is 0.00000676. The SMILES string of the molecule is CC(C)c1cc(C(C)C)c(-c2cccc(N3[CH-]N(c4[c-]c(Oc5[c-]c6c(cc5)c5ccccc5n6-c5cc(C(C)(C)C)ccn5)cc(-c5ccccc5)c4)C(C(C)(C)C)=C3C(C)(C)C)c2)c(C(C)C)c1.[Pt]. The Morgan fingerprint density at radius 3 is 1.80 bits per heavy atom. The van der Waals surface area contributed by atoms with E-state index in [0.29, 0.717) is 29.3 Å². The molecule has 71 heavy (non-hydrogen) atoms. The fraction of sp³-hybridized carbons (Fsp3) is 0.323. The predicted octanol–water partition coefficient (Wildman–Crippen LogP) is 18.3. The Kier molecular flexibility index (Phi) is 14.2. The van der Waals surface area contributed by atoms with Gasteiger partial charge in [0.25, 0.3) is 0 Å². The molecule has 6 heteroatoms. The van der Waals surface area contributed by atoms with Gasteiger partial charge < -0.3 is 19.1 Å². The third kappa shape index (κ3) is 10.1. The number of fused-ring (bicyclic) bond motifs is 3. The second-order valence-corrected chi connectivity index (χ2v) is 23.3. The van der Waals surface area contributed by atoms with E-state index in [-0.39, 0.29) is 37.3 Å². The normalized spacial score (nSPS) is 13.7. The summed E-state index contributed by atoms with van der Waals surface area (Å²) in [4.78, 5) is 9.71. The first-order valence-electron chi connectivity index (χ1n) is 25.3. The van der Waals surface area contributed by atoms with Crippen LogP contribution in [0.25, 0.3) is 49.9 Å². The van der Waals surface area contributed by atoms with Gasteiger partial charge in [-0.1, -0.05) is 182 Å². The molecule has 0 unspecified atom stereocenters.